The maximum Gasteiger partial charge on any atom is 0.0351 e. The topological polar surface area (TPSA) is 12.0 Å². The number of rotatable bonds is 2. The number of nitrogens with one attached hydrogen (secondary N) is 1. The Kier molecular flexibility index (Phi) is 2.89. The number of benzene rings is 2. The van der Waals surface area contributed by atoms with Crippen molar-refractivity contribution in [3.8, 4) is 11.1 Å². The van der Waals surface area contributed by atoms with Crippen LogP contribution >= 0.6 is 0 Å². The lowest BCUT2D eigenvalue weighted by molar-refractivity contribution is 0.429. The Morgan fingerprint density at radius 1 is 0.900 bits per heavy atom. The van der Waals surface area contributed by atoms with Gasteiger partial charge >= 0.3 is 0 Å². The lowest BCUT2D eigenvalue weighted by Gasteiger charge is -2.31. The first kappa shape index (κ1) is 12.2. The minimum atomic E-state index is 0.588. The van der Waals surface area contributed by atoms with Crippen LogP contribution in [0.4, 0.5) is 0 Å². The van der Waals surface area contributed by atoms with E-state index < -0.39 is 0 Å². The van der Waals surface area contributed by atoms with Crippen molar-refractivity contribution < 1.29 is 0 Å². The van der Waals surface area contributed by atoms with E-state index in [1.165, 1.54) is 24.0 Å². The van der Waals surface area contributed by atoms with Crippen molar-refractivity contribution in [1.82, 2.24) is 5.32 Å². The number of hydrogen-bond donors (Lipinski definition) is 1. The molecule has 0 spiro atoms. The van der Waals surface area contributed by atoms with E-state index in [-0.39, 0.29) is 0 Å². The molecule has 1 fully saturated rings. The SMILES string of the molecule is CC1CNC(C2CC2)c2cc(-c3ccccc3)ccc21. The molecule has 20 heavy (non-hydrogen) atoms. The lowest BCUT2D eigenvalue weighted by atomic mass is 9.84. The van der Waals surface area contributed by atoms with E-state index in [4.69, 9.17) is 0 Å². The summed E-state index contributed by atoms with van der Waals surface area (Å²) in [5.41, 5.74) is 5.78. The van der Waals surface area contributed by atoms with Gasteiger partial charge in [-0.25, -0.2) is 0 Å². The summed E-state index contributed by atoms with van der Waals surface area (Å²) in [6.07, 6.45) is 2.78. The molecule has 1 heterocycles. The Hall–Kier alpha value is -1.60. The van der Waals surface area contributed by atoms with Crippen LogP contribution in [-0.2, 0) is 0 Å². The van der Waals surface area contributed by atoms with Crippen molar-refractivity contribution in [2.24, 2.45) is 5.92 Å². The molecule has 1 heteroatoms. The Balaban J connectivity index is 1.79. The highest BCUT2D eigenvalue weighted by atomic mass is 14.9. The molecule has 102 valence electrons. The number of fused-ring (bicyclic) bond motifs is 1. The van der Waals surface area contributed by atoms with E-state index in [2.05, 4.69) is 60.8 Å². The quantitative estimate of drug-likeness (QED) is 0.840. The molecule has 0 bridgehead atoms. The first-order chi connectivity index (χ1) is 9.83. The summed E-state index contributed by atoms with van der Waals surface area (Å²) in [5.74, 6) is 1.50. The van der Waals surface area contributed by atoms with E-state index in [1.807, 2.05) is 0 Å². The summed E-state index contributed by atoms with van der Waals surface area (Å²) >= 11 is 0. The van der Waals surface area contributed by atoms with Crippen LogP contribution in [0.3, 0.4) is 0 Å². The highest BCUT2D eigenvalue weighted by molar-refractivity contribution is 5.65. The van der Waals surface area contributed by atoms with E-state index in [0.717, 1.165) is 12.5 Å². The molecule has 1 aliphatic heterocycles. The molecule has 2 aromatic rings. The van der Waals surface area contributed by atoms with Gasteiger partial charge in [0, 0.05) is 12.6 Å². The summed E-state index contributed by atoms with van der Waals surface area (Å²) < 4.78 is 0. The third kappa shape index (κ3) is 2.06. The zero-order chi connectivity index (χ0) is 13.5. The molecular weight excluding hydrogens is 242 g/mol. The second kappa shape index (κ2) is 4.75. The monoisotopic (exact) mass is 263 g/mol. The standard InChI is InChI=1S/C19H21N/c1-13-12-20-19(15-7-8-15)18-11-16(9-10-17(13)18)14-5-3-2-4-6-14/h2-6,9-11,13,15,19-20H,7-8,12H2,1H3. The predicted molar refractivity (Wildman–Crippen MR) is 83.8 cm³/mol. The fraction of sp³-hybridized carbons (Fsp3) is 0.368. The Morgan fingerprint density at radius 3 is 2.45 bits per heavy atom. The average Bonchev–Trinajstić information content (AvgIpc) is 3.33. The molecule has 2 unspecified atom stereocenters. The molecule has 4 rings (SSSR count). The van der Waals surface area contributed by atoms with Gasteiger partial charge in [-0.1, -0.05) is 49.4 Å². The maximum atomic E-state index is 3.77. The van der Waals surface area contributed by atoms with Gasteiger partial charge < -0.3 is 5.32 Å². The van der Waals surface area contributed by atoms with E-state index in [9.17, 15) is 0 Å². The molecule has 2 aromatic carbocycles. The normalized spacial score (nSPS) is 25.2. The third-order valence-electron chi connectivity index (χ3n) is 4.80. The fourth-order valence-corrected chi connectivity index (χ4v) is 3.48. The molecule has 0 radical (unpaired) electrons. The summed E-state index contributed by atoms with van der Waals surface area (Å²) in [6, 6.07) is 18.4. The smallest absolute Gasteiger partial charge is 0.0351 e. The van der Waals surface area contributed by atoms with Crippen LogP contribution in [0.2, 0.25) is 0 Å². The van der Waals surface area contributed by atoms with Crippen molar-refractivity contribution in [2.45, 2.75) is 31.7 Å². The molecular formula is C19H21N. The second-order valence-corrected chi connectivity index (χ2v) is 6.33. The maximum absolute atomic E-state index is 3.77. The van der Waals surface area contributed by atoms with E-state index in [1.54, 1.807) is 11.1 Å². The van der Waals surface area contributed by atoms with Gasteiger partial charge in [0.15, 0.2) is 0 Å². The van der Waals surface area contributed by atoms with Gasteiger partial charge in [-0.3, -0.25) is 0 Å². The van der Waals surface area contributed by atoms with Crippen molar-refractivity contribution in [1.29, 1.82) is 0 Å². The van der Waals surface area contributed by atoms with Crippen LogP contribution in [0, 0.1) is 5.92 Å². The molecule has 0 amide bonds. The van der Waals surface area contributed by atoms with Crippen molar-refractivity contribution >= 4 is 0 Å². The average molecular weight is 263 g/mol. The summed E-state index contributed by atoms with van der Waals surface area (Å²) in [5, 5.41) is 3.77. The van der Waals surface area contributed by atoms with Crippen LogP contribution < -0.4 is 5.32 Å². The van der Waals surface area contributed by atoms with Gasteiger partial charge in [-0.05, 0) is 53.0 Å². The zero-order valence-corrected chi connectivity index (χ0v) is 12.0. The first-order valence-electron chi connectivity index (χ1n) is 7.75. The highest BCUT2D eigenvalue weighted by Gasteiger charge is 2.36. The Labute approximate surface area is 121 Å². The molecule has 0 aromatic heterocycles. The van der Waals surface area contributed by atoms with Crippen LogP contribution in [0.1, 0.15) is 42.9 Å². The molecule has 2 atom stereocenters. The van der Waals surface area contributed by atoms with E-state index >= 15 is 0 Å². The van der Waals surface area contributed by atoms with Gasteiger partial charge in [0.1, 0.15) is 0 Å². The first-order valence-corrected chi connectivity index (χ1v) is 7.75. The van der Waals surface area contributed by atoms with Crippen LogP contribution in [0.15, 0.2) is 48.5 Å². The minimum absolute atomic E-state index is 0.588. The van der Waals surface area contributed by atoms with Crippen LogP contribution in [-0.4, -0.2) is 6.54 Å². The van der Waals surface area contributed by atoms with Gasteiger partial charge in [0.2, 0.25) is 0 Å². The minimum Gasteiger partial charge on any atom is -0.309 e. The third-order valence-corrected chi connectivity index (χ3v) is 4.80. The van der Waals surface area contributed by atoms with E-state index in [0.29, 0.717) is 12.0 Å². The summed E-state index contributed by atoms with van der Waals surface area (Å²) in [7, 11) is 0. The molecule has 1 saturated carbocycles. The zero-order valence-electron chi connectivity index (χ0n) is 12.0. The van der Waals surface area contributed by atoms with Crippen LogP contribution in [0.5, 0.6) is 0 Å². The van der Waals surface area contributed by atoms with Gasteiger partial charge in [0.05, 0.1) is 0 Å². The molecule has 1 aliphatic carbocycles. The van der Waals surface area contributed by atoms with Gasteiger partial charge in [-0.2, -0.15) is 0 Å². The van der Waals surface area contributed by atoms with Crippen molar-refractivity contribution in [2.75, 3.05) is 6.54 Å². The largest absolute Gasteiger partial charge is 0.309 e. The summed E-state index contributed by atoms with van der Waals surface area (Å²) in [6.45, 7) is 3.45. The number of hydrogen-bond acceptors (Lipinski definition) is 1. The van der Waals surface area contributed by atoms with Crippen LogP contribution in [0.25, 0.3) is 11.1 Å². The highest BCUT2D eigenvalue weighted by Crippen LogP contribution is 2.45. The van der Waals surface area contributed by atoms with Gasteiger partial charge in [0.25, 0.3) is 0 Å². The fourth-order valence-electron chi connectivity index (χ4n) is 3.48. The molecule has 2 aliphatic rings. The van der Waals surface area contributed by atoms with Crippen molar-refractivity contribution in [3.63, 3.8) is 0 Å². The molecule has 1 N–H and O–H groups in total. The Bertz CT molecular complexity index is 613. The lowest BCUT2D eigenvalue weighted by Crippen LogP contribution is -2.33. The predicted octanol–water partition coefficient (Wildman–Crippen LogP) is 4.51. The molecule has 0 saturated heterocycles. The summed E-state index contributed by atoms with van der Waals surface area (Å²) in [4.78, 5) is 0. The van der Waals surface area contributed by atoms with Gasteiger partial charge in [-0.15, -0.1) is 0 Å². The second-order valence-electron chi connectivity index (χ2n) is 6.33. The molecule has 1 nitrogen and oxygen atoms in total. The Morgan fingerprint density at radius 2 is 1.70 bits per heavy atom. The van der Waals surface area contributed by atoms with Crippen molar-refractivity contribution in [3.05, 3.63) is 59.7 Å².